The minimum absolute atomic E-state index is 0.253. The third kappa shape index (κ3) is 3.36. The lowest BCUT2D eigenvalue weighted by Gasteiger charge is -2.07. The van der Waals surface area contributed by atoms with Crippen molar-refractivity contribution in [2.24, 2.45) is 0 Å². The fourth-order valence-corrected chi connectivity index (χ4v) is 3.11. The van der Waals surface area contributed by atoms with Gasteiger partial charge in [-0.1, -0.05) is 24.8 Å². The third-order valence-electron chi connectivity index (χ3n) is 2.45. The van der Waals surface area contributed by atoms with Gasteiger partial charge in [0.15, 0.2) is 11.0 Å². The van der Waals surface area contributed by atoms with Gasteiger partial charge in [0.25, 0.3) is 0 Å². The molecular weight excluding hydrogens is 282 g/mol. The quantitative estimate of drug-likeness (QED) is 0.606. The lowest BCUT2D eigenvalue weighted by atomic mass is 10.4. The molecule has 0 fully saturated rings. The van der Waals surface area contributed by atoms with Crippen LogP contribution in [0.15, 0.2) is 22.7 Å². The number of rotatable bonds is 6. The van der Waals surface area contributed by atoms with Gasteiger partial charge in [0.2, 0.25) is 0 Å². The summed E-state index contributed by atoms with van der Waals surface area (Å²) in [5.74, 6) is 0.862. The Bertz CT molecular complexity index is 537. The molecule has 0 unspecified atom stereocenters. The van der Waals surface area contributed by atoms with Crippen molar-refractivity contribution in [3.8, 4) is 10.7 Å². The lowest BCUT2D eigenvalue weighted by molar-refractivity contribution is -0.137. The summed E-state index contributed by atoms with van der Waals surface area (Å²) in [5.41, 5.74) is 0. The summed E-state index contributed by atoms with van der Waals surface area (Å²) in [5, 5.41) is 11.2. The third-order valence-corrected chi connectivity index (χ3v) is 4.26. The zero-order chi connectivity index (χ0) is 13.7. The van der Waals surface area contributed by atoms with Gasteiger partial charge in [0.1, 0.15) is 0 Å². The zero-order valence-corrected chi connectivity index (χ0v) is 12.5. The second-order valence-corrected chi connectivity index (χ2v) is 5.69. The van der Waals surface area contributed by atoms with Gasteiger partial charge in [-0.2, -0.15) is 0 Å². The largest absolute Gasteiger partial charge is 0.468 e. The van der Waals surface area contributed by atoms with Crippen LogP contribution in [-0.4, -0.2) is 33.6 Å². The number of thiophene rings is 1. The van der Waals surface area contributed by atoms with E-state index in [0.717, 1.165) is 28.8 Å². The van der Waals surface area contributed by atoms with Crippen molar-refractivity contribution in [2.75, 3.05) is 12.9 Å². The average molecular weight is 297 g/mol. The van der Waals surface area contributed by atoms with Crippen LogP contribution in [0.2, 0.25) is 0 Å². The van der Waals surface area contributed by atoms with Gasteiger partial charge in [-0.05, 0) is 17.9 Å². The first-order valence-corrected chi connectivity index (χ1v) is 7.79. The highest BCUT2D eigenvalue weighted by molar-refractivity contribution is 7.99. The van der Waals surface area contributed by atoms with E-state index in [4.69, 9.17) is 0 Å². The molecule has 0 aliphatic rings. The molecule has 0 saturated carbocycles. The van der Waals surface area contributed by atoms with E-state index in [2.05, 4.69) is 26.4 Å². The van der Waals surface area contributed by atoms with Crippen molar-refractivity contribution >= 4 is 29.1 Å². The summed E-state index contributed by atoms with van der Waals surface area (Å²) in [4.78, 5) is 12.3. The Balaban J connectivity index is 2.22. The second kappa shape index (κ2) is 6.72. The van der Waals surface area contributed by atoms with Crippen molar-refractivity contribution < 1.29 is 9.53 Å². The molecule has 0 saturated heterocycles. The Morgan fingerprint density at radius 1 is 1.53 bits per heavy atom. The molecule has 0 spiro atoms. The summed E-state index contributed by atoms with van der Waals surface area (Å²) in [6.07, 6.45) is 0.988. The SMILES string of the molecule is CCCn1c(SCC(=O)OC)nnc1-c1cccs1. The number of aromatic nitrogens is 3. The molecule has 2 heterocycles. The van der Waals surface area contributed by atoms with Crippen LogP contribution in [0.3, 0.4) is 0 Å². The molecule has 0 atom stereocenters. The van der Waals surface area contributed by atoms with Crippen molar-refractivity contribution in [1.29, 1.82) is 0 Å². The van der Waals surface area contributed by atoms with Crippen LogP contribution >= 0.6 is 23.1 Å². The minimum Gasteiger partial charge on any atom is -0.468 e. The first-order chi connectivity index (χ1) is 9.26. The van der Waals surface area contributed by atoms with Gasteiger partial charge in [-0.25, -0.2) is 0 Å². The average Bonchev–Trinajstić information content (AvgIpc) is 3.05. The molecule has 7 heteroatoms. The predicted octanol–water partition coefficient (Wildman–Crippen LogP) is 2.68. The molecule has 102 valence electrons. The first kappa shape index (κ1) is 14.1. The number of ether oxygens (including phenoxy) is 1. The molecule has 0 bridgehead atoms. The summed E-state index contributed by atoms with van der Waals surface area (Å²) in [7, 11) is 1.39. The van der Waals surface area contributed by atoms with Crippen LogP contribution in [-0.2, 0) is 16.1 Å². The van der Waals surface area contributed by atoms with Gasteiger partial charge in [-0.3, -0.25) is 4.79 Å². The Kier molecular flexibility index (Phi) is 4.98. The summed E-state index contributed by atoms with van der Waals surface area (Å²) < 4.78 is 6.69. The molecular formula is C12H15N3O2S2. The number of methoxy groups -OCH3 is 1. The van der Waals surface area contributed by atoms with E-state index >= 15 is 0 Å². The number of nitrogens with zero attached hydrogens (tertiary/aromatic N) is 3. The first-order valence-electron chi connectivity index (χ1n) is 5.93. The van der Waals surface area contributed by atoms with Gasteiger partial charge in [-0.15, -0.1) is 21.5 Å². The summed E-state index contributed by atoms with van der Waals surface area (Å²) in [6.45, 7) is 2.94. The maximum Gasteiger partial charge on any atom is 0.316 e. The fourth-order valence-electron chi connectivity index (χ4n) is 1.59. The number of esters is 1. The molecule has 5 nitrogen and oxygen atoms in total. The molecule has 0 radical (unpaired) electrons. The van der Waals surface area contributed by atoms with Crippen LogP contribution < -0.4 is 0 Å². The number of hydrogen-bond donors (Lipinski definition) is 0. The maximum atomic E-state index is 11.2. The smallest absolute Gasteiger partial charge is 0.316 e. The lowest BCUT2D eigenvalue weighted by Crippen LogP contribution is -2.06. The van der Waals surface area contributed by atoms with E-state index in [-0.39, 0.29) is 11.7 Å². The highest BCUT2D eigenvalue weighted by Crippen LogP contribution is 2.27. The maximum absolute atomic E-state index is 11.2. The van der Waals surface area contributed by atoms with E-state index in [1.54, 1.807) is 11.3 Å². The van der Waals surface area contributed by atoms with Crippen LogP contribution in [0.5, 0.6) is 0 Å². The molecule has 2 aromatic rings. The monoisotopic (exact) mass is 297 g/mol. The summed E-state index contributed by atoms with van der Waals surface area (Å²) >= 11 is 2.99. The molecule has 0 aliphatic heterocycles. The Morgan fingerprint density at radius 2 is 2.37 bits per heavy atom. The van der Waals surface area contributed by atoms with Gasteiger partial charge >= 0.3 is 5.97 Å². The molecule has 0 aromatic carbocycles. The Morgan fingerprint density at radius 3 is 3.00 bits per heavy atom. The van der Waals surface area contributed by atoms with Gasteiger partial charge < -0.3 is 9.30 Å². The Hall–Kier alpha value is -1.34. The predicted molar refractivity (Wildman–Crippen MR) is 76.4 cm³/mol. The molecule has 0 amide bonds. The van der Waals surface area contributed by atoms with Crippen LogP contribution in [0, 0.1) is 0 Å². The van der Waals surface area contributed by atoms with Gasteiger partial charge in [0.05, 0.1) is 17.7 Å². The van der Waals surface area contributed by atoms with E-state index in [9.17, 15) is 4.79 Å². The molecule has 2 rings (SSSR count). The van der Waals surface area contributed by atoms with E-state index in [0.29, 0.717) is 0 Å². The van der Waals surface area contributed by atoms with Crippen molar-refractivity contribution in [3.63, 3.8) is 0 Å². The van der Waals surface area contributed by atoms with Crippen molar-refractivity contribution in [1.82, 2.24) is 14.8 Å². The van der Waals surface area contributed by atoms with Crippen molar-refractivity contribution in [3.05, 3.63) is 17.5 Å². The summed E-state index contributed by atoms with van der Waals surface area (Å²) in [6, 6.07) is 4.02. The van der Waals surface area contributed by atoms with E-state index in [1.165, 1.54) is 18.9 Å². The highest BCUT2D eigenvalue weighted by atomic mass is 32.2. The fraction of sp³-hybridized carbons (Fsp3) is 0.417. The van der Waals surface area contributed by atoms with Gasteiger partial charge in [0, 0.05) is 6.54 Å². The number of carbonyl (C=O) groups is 1. The van der Waals surface area contributed by atoms with Crippen molar-refractivity contribution in [2.45, 2.75) is 25.0 Å². The normalized spacial score (nSPS) is 10.6. The topological polar surface area (TPSA) is 57.0 Å². The van der Waals surface area contributed by atoms with E-state index < -0.39 is 0 Å². The standard InChI is InChI=1S/C12H15N3O2S2/c1-3-6-15-11(9-5-4-7-18-9)13-14-12(15)19-8-10(16)17-2/h4-5,7H,3,6,8H2,1-2H3. The molecule has 0 N–H and O–H groups in total. The molecule has 0 aliphatic carbocycles. The van der Waals surface area contributed by atoms with Crippen LogP contribution in [0.25, 0.3) is 10.7 Å². The highest BCUT2D eigenvalue weighted by Gasteiger charge is 2.15. The van der Waals surface area contributed by atoms with Crippen LogP contribution in [0.4, 0.5) is 0 Å². The Labute approximate surface area is 120 Å². The zero-order valence-electron chi connectivity index (χ0n) is 10.8. The molecule has 2 aromatic heterocycles. The number of carbonyl (C=O) groups excluding carboxylic acids is 1. The number of thioether (sulfide) groups is 1. The number of hydrogen-bond acceptors (Lipinski definition) is 6. The molecule has 19 heavy (non-hydrogen) atoms. The van der Waals surface area contributed by atoms with Crippen LogP contribution in [0.1, 0.15) is 13.3 Å². The van der Waals surface area contributed by atoms with E-state index in [1.807, 2.05) is 17.5 Å². The second-order valence-electron chi connectivity index (χ2n) is 3.80. The minimum atomic E-state index is -0.256.